The highest BCUT2D eigenvalue weighted by Gasteiger charge is 2.36. The van der Waals surface area contributed by atoms with Gasteiger partial charge in [-0.3, -0.25) is 0 Å². The van der Waals surface area contributed by atoms with E-state index in [4.69, 9.17) is 16.3 Å². The highest BCUT2D eigenvalue weighted by Crippen LogP contribution is 2.25. The minimum Gasteiger partial charge on any atom is -0.364 e. The van der Waals surface area contributed by atoms with Gasteiger partial charge in [0.1, 0.15) is 5.15 Å². The quantitative estimate of drug-likeness (QED) is 0.784. The van der Waals surface area contributed by atoms with E-state index in [2.05, 4.69) is 4.98 Å². The summed E-state index contributed by atoms with van der Waals surface area (Å²) in [6, 6.07) is 8.92. The molecule has 0 amide bonds. The third-order valence-corrected chi connectivity index (χ3v) is 3.03. The zero-order chi connectivity index (χ0) is 14.0. The Hall–Kier alpha value is -1.33. The molecule has 2 aromatic rings. The molecular formula is C13H11ClF3NO. The molecular weight excluding hydrogens is 279 g/mol. The summed E-state index contributed by atoms with van der Waals surface area (Å²) >= 11 is 5.93. The summed E-state index contributed by atoms with van der Waals surface area (Å²) in [5.74, 6) is 0. The molecule has 6 heteroatoms. The molecule has 0 saturated carbocycles. The molecule has 0 bridgehead atoms. The number of halogens is 4. The van der Waals surface area contributed by atoms with E-state index in [0.29, 0.717) is 11.1 Å². The highest BCUT2D eigenvalue weighted by molar-refractivity contribution is 6.30. The van der Waals surface area contributed by atoms with Crippen LogP contribution in [0.4, 0.5) is 13.2 Å². The number of hydrogen-bond acceptors (Lipinski definition) is 2. The number of para-hydroxylation sites is 1. The fraction of sp³-hybridized carbons (Fsp3) is 0.308. The second kappa shape index (κ2) is 5.35. The van der Waals surface area contributed by atoms with Gasteiger partial charge in [0.25, 0.3) is 0 Å². The molecule has 0 fully saturated rings. The minimum atomic E-state index is -4.38. The van der Waals surface area contributed by atoms with Gasteiger partial charge >= 0.3 is 6.18 Å². The topological polar surface area (TPSA) is 22.1 Å². The maximum atomic E-state index is 12.3. The standard InChI is InChI=1S/C13H11ClF3NO/c1-8(13(15,16)17)19-7-10-6-9-4-2-3-5-11(9)18-12(10)14/h2-6,8H,7H2,1H3. The van der Waals surface area contributed by atoms with Gasteiger partial charge < -0.3 is 4.74 Å². The number of nitrogens with zero attached hydrogens (tertiary/aromatic N) is 1. The molecule has 0 spiro atoms. The summed E-state index contributed by atoms with van der Waals surface area (Å²) in [7, 11) is 0. The predicted molar refractivity (Wildman–Crippen MR) is 67.1 cm³/mol. The van der Waals surface area contributed by atoms with Gasteiger partial charge in [-0.2, -0.15) is 13.2 Å². The van der Waals surface area contributed by atoms with Gasteiger partial charge in [0.15, 0.2) is 6.10 Å². The normalized spacial score (nSPS) is 13.7. The number of ether oxygens (including phenoxy) is 1. The maximum Gasteiger partial charge on any atom is 0.414 e. The molecule has 1 aromatic carbocycles. The number of hydrogen-bond donors (Lipinski definition) is 0. The first-order valence-electron chi connectivity index (χ1n) is 5.60. The summed E-state index contributed by atoms with van der Waals surface area (Å²) in [4.78, 5) is 4.12. The Morgan fingerprint density at radius 3 is 2.68 bits per heavy atom. The largest absolute Gasteiger partial charge is 0.414 e. The molecule has 2 nitrogen and oxygen atoms in total. The average Bonchev–Trinajstić information content (AvgIpc) is 2.34. The summed E-state index contributed by atoms with van der Waals surface area (Å²) in [5, 5.41) is 0.971. The molecule has 1 unspecified atom stereocenters. The van der Waals surface area contributed by atoms with E-state index < -0.39 is 12.3 Å². The van der Waals surface area contributed by atoms with Gasteiger partial charge in [0.05, 0.1) is 12.1 Å². The van der Waals surface area contributed by atoms with E-state index in [-0.39, 0.29) is 11.8 Å². The summed E-state index contributed by atoms with van der Waals surface area (Å²) in [6.45, 7) is 0.736. The number of rotatable bonds is 3. The second-order valence-corrected chi connectivity index (χ2v) is 4.48. The van der Waals surface area contributed by atoms with Crippen molar-refractivity contribution >= 4 is 22.5 Å². The molecule has 0 aliphatic rings. The smallest absolute Gasteiger partial charge is 0.364 e. The number of pyridine rings is 1. The first-order chi connectivity index (χ1) is 8.88. The van der Waals surface area contributed by atoms with Crippen molar-refractivity contribution in [2.24, 2.45) is 0 Å². The van der Waals surface area contributed by atoms with Crippen molar-refractivity contribution in [1.82, 2.24) is 4.98 Å². The van der Waals surface area contributed by atoms with Crippen molar-refractivity contribution < 1.29 is 17.9 Å². The summed E-state index contributed by atoms with van der Waals surface area (Å²) < 4.78 is 41.8. The number of benzene rings is 1. The van der Waals surface area contributed by atoms with Crippen molar-refractivity contribution in [3.8, 4) is 0 Å². The first-order valence-corrected chi connectivity index (χ1v) is 5.98. The highest BCUT2D eigenvalue weighted by atomic mass is 35.5. The Labute approximate surface area is 113 Å². The predicted octanol–water partition coefficient (Wildman–Crippen LogP) is 4.36. The number of alkyl halides is 3. The zero-order valence-corrected chi connectivity index (χ0v) is 10.8. The van der Waals surface area contributed by atoms with Crippen LogP contribution < -0.4 is 0 Å². The molecule has 0 N–H and O–H groups in total. The lowest BCUT2D eigenvalue weighted by molar-refractivity contribution is -0.217. The van der Waals surface area contributed by atoms with Crippen molar-refractivity contribution in [3.05, 3.63) is 41.0 Å². The van der Waals surface area contributed by atoms with E-state index in [1.165, 1.54) is 0 Å². The molecule has 19 heavy (non-hydrogen) atoms. The molecule has 0 saturated heterocycles. The minimum absolute atomic E-state index is 0.160. The van der Waals surface area contributed by atoms with Crippen LogP contribution in [0.25, 0.3) is 10.9 Å². The van der Waals surface area contributed by atoms with E-state index in [1.807, 2.05) is 18.2 Å². The maximum absolute atomic E-state index is 12.3. The zero-order valence-electron chi connectivity index (χ0n) is 10.0. The van der Waals surface area contributed by atoms with Crippen molar-refractivity contribution in [3.63, 3.8) is 0 Å². The van der Waals surface area contributed by atoms with Crippen LogP contribution in [-0.2, 0) is 11.3 Å². The lowest BCUT2D eigenvalue weighted by Crippen LogP contribution is -2.28. The van der Waals surface area contributed by atoms with Crippen molar-refractivity contribution in [1.29, 1.82) is 0 Å². The van der Waals surface area contributed by atoms with Crippen LogP contribution in [0.15, 0.2) is 30.3 Å². The number of aromatic nitrogens is 1. The molecule has 0 aliphatic heterocycles. The van der Waals surface area contributed by atoms with Crippen LogP contribution in [0.5, 0.6) is 0 Å². The summed E-state index contributed by atoms with van der Waals surface area (Å²) in [5.41, 5.74) is 1.14. The molecule has 1 atom stereocenters. The second-order valence-electron chi connectivity index (χ2n) is 4.13. The van der Waals surface area contributed by atoms with Crippen LogP contribution in [-0.4, -0.2) is 17.3 Å². The van der Waals surface area contributed by atoms with Crippen LogP contribution >= 0.6 is 11.6 Å². The molecule has 1 aromatic heterocycles. The monoisotopic (exact) mass is 289 g/mol. The first kappa shape index (κ1) is 14.1. The molecule has 0 radical (unpaired) electrons. The Balaban J connectivity index is 2.19. The van der Waals surface area contributed by atoms with E-state index in [0.717, 1.165) is 12.3 Å². The number of fused-ring (bicyclic) bond motifs is 1. The SMILES string of the molecule is CC(OCc1cc2ccccc2nc1Cl)C(F)(F)F. The van der Waals surface area contributed by atoms with E-state index in [1.54, 1.807) is 12.1 Å². The third kappa shape index (κ3) is 3.36. The van der Waals surface area contributed by atoms with Gasteiger partial charge in [-0.05, 0) is 19.1 Å². The fourth-order valence-corrected chi connectivity index (χ4v) is 1.75. The van der Waals surface area contributed by atoms with E-state index in [9.17, 15) is 13.2 Å². The van der Waals surface area contributed by atoms with Gasteiger partial charge in [-0.15, -0.1) is 0 Å². The van der Waals surface area contributed by atoms with E-state index >= 15 is 0 Å². The van der Waals surface area contributed by atoms with Crippen LogP contribution in [0.1, 0.15) is 12.5 Å². The van der Waals surface area contributed by atoms with Crippen LogP contribution in [0, 0.1) is 0 Å². The average molecular weight is 290 g/mol. The Morgan fingerprint density at radius 2 is 2.00 bits per heavy atom. The Bertz CT molecular complexity index is 586. The third-order valence-electron chi connectivity index (χ3n) is 2.70. The van der Waals surface area contributed by atoms with Gasteiger partial charge in [0.2, 0.25) is 0 Å². The van der Waals surface area contributed by atoms with Gasteiger partial charge in [-0.25, -0.2) is 4.98 Å². The lowest BCUT2D eigenvalue weighted by Gasteiger charge is -2.16. The van der Waals surface area contributed by atoms with Crippen LogP contribution in [0.2, 0.25) is 5.15 Å². The van der Waals surface area contributed by atoms with Gasteiger partial charge in [-0.1, -0.05) is 29.8 Å². The molecule has 2 rings (SSSR count). The summed E-state index contributed by atoms with van der Waals surface area (Å²) in [6.07, 6.45) is -6.22. The fourth-order valence-electron chi connectivity index (χ4n) is 1.55. The Kier molecular flexibility index (Phi) is 3.96. The molecule has 102 valence electrons. The van der Waals surface area contributed by atoms with Crippen molar-refractivity contribution in [2.45, 2.75) is 25.8 Å². The van der Waals surface area contributed by atoms with Crippen molar-refractivity contribution in [2.75, 3.05) is 0 Å². The molecule has 0 aliphatic carbocycles. The molecule has 1 heterocycles. The Morgan fingerprint density at radius 1 is 1.32 bits per heavy atom. The van der Waals surface area contributed by atoms with Gasteiger partial charge in [0, 0.05) is 10.9 Å². The van der Waals surface area contributed by atoms with Crippen LogP contribution in [0.3, 0.4) is 0 Å². The lowest BCUT2D eigenvalue weighted by atomic mass is 10.2.